The summed E-state index contributed by atoms with van der Waals surface area (Å²) < 4.78 is 11.9. The van der Waals surface area contributed by atoms with Crippen molar-refractivity contribution in [3.05, 3.63) is 60.4 Å². The van der Waals surface area contributed by atoms with Crippen molar-refractivity contribution >= 4 is 0 Å². The molecule has 0 aliphatic carbocycles. The lowest BCUT2D eigenvalue weighted by Gasteiger charge is -1.88. The van der Waals surface area contributed by atoms with Crippen molar-refractivity contribution in [2.45, 2.75) is 13.3 Å². The monoisotopic (exact) mass is 204 g/mol. The van der Waals surface area contributed by atoms with Gasteiger partial charge in [0.15, 0.2) is 0 Å². The maximum atomic E-state index is 11.9. The van der Waals surface area contributed by atoms with Crippen molar-refractivity contribution in [1.29, 1.82) is 0 Å². The molecular formula is C12H13FN2. The fraction of sp³-hybridized carbons (Fsp3) is 0.167. The van der Waals surface area contributed by atoms with Gasteiger partial charge in [-0.15, -0.1) is 0 Å². The summed E-state index contributed by atoms with van der Waals surface area (Å²) in [6.45, 7) is 2.06. The van der Waals surface area contributed by atoms with Crippen LogP contribution in [0.3, 0.4) is 0 Å². The van der Waals surface area contributed by atoms with Gasteiger partial charge in [0.25, 0.3) is 0 Å². The van der Waals surface area contributed by atoms with E-state index in [1.807, 2.05) is 0 Å². The molecule has 0 saturated carbocycles. The van der Waals surface area contributed by atoms with Crippen LogP contribution in [0.2, 0.25) is 0 Å². The molecule has 78 valence electrons. The molecule has 0 radical (unpaired) electrons. The predicted molar refractivity (Wildman–Crippen MR) is 57.8 cm³/mol. The van der Waals surface area contributed by atoms with Gasteiger partial charge >= 0.3 is 0 Å². The number of hydrogen-bond acceptors (Lipinski definition) is 2. The maximum Gasteiger partial charge on any atom is 0.123 e. The number of nitrogens with zero attached hydrogens (tertiary/aromatic N) is 2. The van der Waals surface area contributed by atoms with E-state index in [1.54, 1.807) is 36.8 Å². The Bertz CT molecular complexity index is 362. The molecule has 1 heterocycles. The zero-order valence-corrected chi connectivity index (χ0v) is 8.60. The summed E-state index contributed by atoms with van der Waals surface area (Å²) in [6, 6.07) is 7.94. The van der Waals surface area contributed by atoms with E-state index in [0.717, 1.165) is 12.1 Å². The number of aryl methyl sites for hydroxylation is 1. The van der Waals surface area contributed by atoms with E-state index in [0.29, 0.717) is 0 Å². The third-order valence-corrected chi connectivity index (χ3v) is 1.71. The van der Waals surface area contributed by atoms with Gasteiger partial charge in [-0.2, -0.15) is 0 Å². The fourth-order valence-electron chi connectivity index (χ4n) is 0.927. The normalized spacial score (nSPS) is 8.93. The van der Waals surface area contributed by atoms with Gasteiger partial charge in [-0.1, -0.05) is 25.1 Å². The summed E-state index contributed by atoms with van der Waals surface area (Å²) in [5, 5.41) is 0. The average Bonchev–Trinajstić information content (AvgIpc) is 2.32. The lowest BCUT2D eigenvalue weighted by atomic mass is 10.4. The van der Waals surface area contributed by atoms with E-state index >= 15 is 0 Å². The number of aromatic nitrogens is 2. The summed E-state index contributed by atoms with van der Waals surface area (Å²) >= 11 is 0. The standard InChI is InChI=1S/C6H5F.C6H8N2/c7-6-4-2-1-3-5-6;1-2-6-5-7-3-4-8-6/h1-5H;3-5H,2H2,1H3. The van der Waals surface area contributed by atoms with E-state index in [9.17, 15) is 4.39 Å². The van der Waals surface area contributed by atoms with E-state index in [4.69, 9.17) is 0 Å². The van der Waals surface area contributed by atoms with Crippen LogP contribution in [-0.4, -0.2) is 9.97 Å². The van der Waals surface area contributed by atoms with Crippen molar-refractivity contribution < 1.29 is 4.39 Å². The number of halogens is 1. The second kappa shape index (κ2) is 6.65. The van der Waals surface area contributed by atoms with Crippen LogP contribution in [0.4, 0.5) is 4.39 Å². The minimum absolute atomic E-state index is 0.178. The molecule has 0 fully saturated rings. The summed E-state index contributed by atoms with van der Waals surface area (Å²) in [5.41, 5.74) is 1.05. The minimum atomic E-state index is -0.178. The molecule has 0 aliphatic heterocycles. The average molecular weight is 204 g/mol. The Morgan fingerprint density at radius 1 is 1.13 bits per heavy atom. The van der Waals surface area contributed by atoms with Crippen LogP contribution in [0.25, 0.3) is 0 Å². The van der Waals surface area contributed by atoms with Crippen LogP contribution < -0.4 is 0 Å². The molecule has 1 aromatic heterocycles. The van der Waals surface area contributed by atoms with Gasteiger partial charge in [0.2, 0.25) is 0 Å². The van der Waals surface area contributed by atoms with E-state index in [-0.39, 0.29) is 5.82 Å². The first-order valence-electron chi connectivity index (χ1n) is 4.78. The molecule has 2 rings (SSSR count). The van der Waals surface area contributed by atoms with Gasteiger partial charge < -0.3 is 0 Å². The number of benzene rings is 1. The van der Waals surface area contributed by atoms with Crippen LogP contribution in [-0.2, 0) is 6.42 Å². The molecule has 0 saturated heterocycles. The summed E-state index contributed by atoms with van der Waals surface area (Å²) in [7, 11) is 0. The zero-order valence-electron chi connectivity index (χ0n) is 8.60. The van der Waals surface area contributed by atoms with E-state index < -0.39 is 0 Å². The molecule has 0 N–H and O–H groups in total. The third-order valence-electron chi connectivity index (χ3n) is 1.71. The van der Waals surface area contributed by atoms with Crippen LogP contribution >= 0.6 is 0 Å². The number of hydrogen-bond donors (Lipinski definition) is 0. The van der Waals surface area contributed by atoms with Crippen LogP contribution in [0.1, 0.15) is 12.6 Å². The molecule has 1 aromatic carbocycles. The molecule has 2 nitrogen and oxygen atoms in total. The fourth-order valence-corrected chi connectivity index (χ4v) is 0.927. The molecular weight excluding hydrogens is 191 g/mol. The Morgan fingerprint density at radius 3 is 2.20 bits per heavy atom. The van der Waals surface area contributed by atoms with Crippen LogP contribution in [0.5, 0.6) is 0 Å². The van der Waals surface area contributed by atoms with Gasteiger partial charge in [-0.05, 0) is 18.6 Å². The molecule has 0 bridgehead atoms. The Labute approximate surface area is 88.8 Å². The number of rotatable bonds is 1. The Morgan fingerprint density at radius 2 is 1.87 bits per heavy atom. The molecule has 3 heteroatoms. The molecule has 0 unspecified atom stereocenters. The smallest absolute Gasteiger partial charge is 0.123 e. The van der Waals surface area contributed by atoms with Crippen molar-refractivity contribution in [3.63, 3.8) is 0 Å². The lowest BCUT2D eigenvalue weighted by molar-refractivity contribution is 0.628. The first kappa shape index (κ1) is 11.3. The highest BCUT2D eigenvalue weighted by molar-refractivity contribution is 5.02. The SMILES string of the molecule is CCc1cnccn1.Fc1ccccc1. The Kier molecular flexibility index (Phi) is 5.01. The second-order valence-electron chi connectivity index (χ2n) is 2.85. The molecule has 0 spiro atoms. The lowest BCUT2D eigenvalue weighted by Crippen LogP contribution is -1.84. The van der Waals surface area contributed by atoms with Crippen molar-refractivity contribution in [2.75, 3.05) is 0 Å². The first-order chi connectivity index (χ1) is 7.33. The molecule has 0 aliphatic rings. The Balaban J connectivity index is 0.000000151. The summed E-state index contributed by atoms with van der Waals surface area (Å²) in [4.78, 5) is 7.93. The van der Waals surface area contributed by atoms with Gasteiger partial charge in [-0.25, -0.2) is 4.39 Å². The van der Waals surface area contributed by atoms with Gasteiger partial charge in [0.05, 0.1) is 5.69 Å². The van der Waals surface area contributed by atoms with E-state index in [2.05, 4.69) is 16.9 Å². The summed E-state index contributed by atoms with van der Waals surface area (Å²) in [6.07, 6.45) is 6.13. The van der Waals surface area contributed by atoms with Crippen molar-refractivity contribution in [2.24, 2.45) is 0 Å². The highest BCUT2D eigenvalue weighted by Crippen LogP contribution is 1.91. The zero-order chi connectivity index (χ0) is 10.9. The van der Waals surface area contributed by atoms with Gasteiger partial charge in [0, 0.05) is 18.6 Å². The second-order valence-corrected chi connectivity index (χ2v) is 2.85. The maximum absolute atomic E-state index is 11.9. The van der Waals surface area contributed by atoms with Crippen LogP contribution in [0.15, 0.2) is 48.9 Å². The minimum Gasteiger partial charge on any atom is -0.261 e. The highest BCUT2D eigenvalue weighted by Gasteiger charge is 1.82. The third kappa shape index (κ3) is 4.86. The molecule has 2 aromatic rings. The van der Waals surface area contributed by atoms with Gasteiger partial charge in [0.1, 0.15) is 5.82 Å². The topological polar surface area (TPSA) is 25.8 Å². The van der Waals surface area contributed by atoms with Gasteiger partial charge in [-0.3, -0.25) is 9.97 Å². The van der Waals surface area contributed by atoms with Crippen LogP contribution in [0, 0.1) is 5.82 Å². The first-order valence-corrected chi connectivity index (χ1v) is 4.78. The predicted octanol–water partition coefficient (Wildman–Crippen LogP) is 2.86. The summed E-state index contributed by atoms with van der Waals surface area (Å²) in [5.74, 6) is -0.178. The highest BCUT2D eigenvalue weighted by atomic mass is 19.1. The van der Waals surface area contributed by atoms with Crippen molar-refractivity contribution in [1.82, 2.24) is 9.97 Å². The molecule has 15 heavy (non-hydrogen) atoms. The Hall–Kier alpha value is -1.77. The quantitative estimate of drug-likeness (QED) is 0.713. The molecule has 0 amide bonds. The largest absolute Gasteiger partial charge is 0.261 e. The molecule has 0 atom stereocenters. The van der Waals surface area contributed by atoms with Crippen molar-refractivity contribution in [3.8, 4) is 0 Å². The van der Waals surface area contributed by atoms with E-state index in [1.165, 1.54) is 12.1 Å².